The number of aliphatic carboxylic acids is 1. The van der Waals surface area contributed by atoms with Gasteiger partial charge in [-0.3, -0.25) is 4.79 Å². The predicted molar refractivity (Wildman–Crippen MR) is 89.7 cm³/mol. The highest BCUT2D eigenvalue weighted by atomic mass is 16.4. The molecule has 2 aromatic carbocycles. The van der Waals surface area contributed by atoms with E-state index in [1.165, 1.54) is 22.4 Å². The van der Waals surface area contributed by atoms with Crippen LogP contribution >= 0.6 is 0 Å². The van der Waals surface area contributed by atoms with Crippen molar-refractivity contribution < 1.29 is 9.90 Å². The molecule has 0 aromatic heterocycles. The van der Waals surface area contributed by atoms with Crippen molar-refractivity contribution in [3.63, 3.8) is 0 Å². The Morgan fingerprint density at radius 1 is 1.00 bits per heavy atom. The Hall–Kier alpha value is -2.55. The zero-order chi connectivity index (χ0) is 15.4. The van der Waals surface area contributed by atoms with E-state index in [2.05, 4.69) is 47.4 Å². The molecule has 0 saturated heterocycles. The summed E-state index contributed by atoms with van der Waals surface area (Å²) in [6, 6.07) is 16.6. The molecule has 2 aromatic rings. The zero-order valence-electron chi connectivity index (χ0n) is 12.4. The van der Waals surface area contributed by atoms with Gasteiger partial charge in [-0.05, 0) is 29.2 Å². The number of fused-ring (bicyclic) bond motifs is 2. The van der Waals surface area contributed by atoms with Gasteiger partial charge in [0.1, 0.15) is 0 Å². The predicted octanol–water partition coefficient (Wildman–Crippen LogP) is 4.04. The van der Waals surface area contributed by atoms with Crippen molar-refractivity contribution in [3.8, 4) is 0 Å². The van der Waals surface area contributed by atoms with Gasteiger partial charge in [-0.1, -0.05) is 54.6 Å². The number of carboxylic acid groups (broad SMARTS) is 1. The second kappa shape index (κ2) is 6.48. The molecule has 0 amide bonds. The van der Waals surface area contributed by atoms with Gasteiger partial charge in [-0.25, -0.2) is 0 Å². The lowest BCUT2D eigenvalue weighted by molar-refractivity contribution is -0.137. The quantitative estimate of drug-likeness (QED) is 0.924. The van der Waals surface area contributed by atoms with E-state index >= 15 is 0 Å². The van der Waals surface area contributed by atoms with Crippen LogP contribution in [0.15, 0.2) is 48.5 Å². The maximum Gasteiger partial charge on any atom is 0.303 e. The lowest BCUT2D eigenvalue weighted by Crippen LogP contribution is -2.26. The summed E-state index contributed by atoms with van der Waals surface area (Å²) in [5, 5.41) is 8.87. The van der Waals surface area contributed by atoms with Crippen molar-refractivity contribution in [1.82, 2.24) is 0 Å². The maximum atomic E-state index is 10.8. The molecular weight excluding hydrogens is 274 g/mol. The molecule has 0 bridgehead atoms. The van der Waals surface area contributed by atoms with E-state index in [1.54, 1.807) is 0 Å². The largest absolute Gasteiger partial charge is 0.481 e. The Morgan fingerprint density at radius 2 is 1.68 bits per heavy atom. The fourth-order valence-corrected chi connectivity index (χ4v) is 2.85. The van der Waals surface area contributed by atoms with Crippen molar-refractivity contribution in [1.29, 1.82) is 0 Å². The lowest BCUT2D eigenvalue weighted by atomic mass is 10.0. The average Bonchev–Trinajstić information content (AvgIpc) is 2.51. The number of hydrogen-bond acceptors (Lipinski definition) is 2. The van der Waals surface area contributed by atoms with Gasteiger partial charge in [-0.2, -0.15) is 0 Å². The number of hydrogen-bond donors (Lipinski definition) is 1. The molecule has 0 saturated carbocycles. The molecule has 1 aliphatic rings. The first-order valence-electron chi connectivity index (χ1n) is 7.56. The fraction of sp³-hybridized carbons (Fsp3) is 0.211. The van der Waals surface area contributed by atoms with Crippen molar-refractivity contribution in [2.24, 2.45) is 0 Å². The van der Waals surface area contributed by atoms with E-state index in [0.29, 0.717) is 6.42 Å². The van der Waals surface area contributed by atoms with Crippen LogP contribution in [0.1, 0.15) is 29.5 Å². The molecular formula is C19H19NO2. The molecule has 0 atom stereocenters. The van der Waals surface area contributed by atoms with Crippen LogP contribution in [0.25, 0.3) is 12.2 Å². The molecule has 0 spiro atoms. The highest BCUT2D eigenvalue weighted by molar-refractivity contribution is 5.79. The third-order valence-electron chi connectivity index (χ3n) is 3.95. The SMILES string of the molecule is O=C(O)CCCN1Cc2ccccc2/C=C\c2ccccc21. The van der Waals surface area contributed by atoms with Crippen LogP contribution < -0.4 is 4.90 Å². The molecule has 0 unspecified atom stereocenters. The number of benzene rings is 2. The second-order valence-electron chi connectivity index (χ2n) is 5.51. The summed E-state index contributed by atoms with van der Waals surface area (Å²) in [4.78, 5) is 13.1. The van der Waals surface area contributed by atoms with Crippen LogP contribution in [0.2, 0.25) is 0 Å². The summed E-state index contributed by atoms with van der Waals surface area (Å²) in [6.07, 6.45) is 5.14. The summed E-state index contributed by atoms with van der Waals surface area (Å²) in [6.45, 7) is 1.54. The van der Waals surface area contributed by atoms with E-state index in [9.17, 15) is 4.79 Å². The molecule has 22 heavy (non-hydrogen) atoms. The van der Waals surface area contributed by atoms with Crippen LogP contribution in [-0.2, 0) is 11.3 Å². The highest BCUT2D eigenvalue weighted by Crippen LogP contribution is 2.28. The Balaban J connectivity index is 1.94. The number of rotatable bonds is 4. The number of carboxylic acids is 1. The number of para-hydroxylation sites is 1. The number of nitrogens with zero attached hydrogens (tertiary/aromatic N) is 1. The van der Waals surface area contributed by atoms with Gasteiger partial charge in [0.05, 0.1) is 0 Å². The Kier molecular flexibility index (Phi) is 4.24. The number of carbonyl (C=O) groups is 1. The van der Waals surface area contributed by atoms with Crippen LogP contribution in [0, 0.1) is 0 Å². The third kappa shape index (κ3) is 3.19. The summed E-state index contributed by atoms with van der Waals surface area (Å²) in [7, 11) is 0. The van der Waals surface area contributed by atoms with Crippen LogP contribution in [-0.4, -0.2) is 17.6 Å². The molecule has 3 rings (SSSR count). The Labute approximate surface area is 130 Å². The van der Waals surface area contributed by atoms with Crippen molar-refractivity contribution >= 4 is 23.8 Å². The van der Waals surface area contributed by atoms with Crippen molar-refractivity contribution in [3.05, 3.63) is 65.2 Å². The second-order valence-corrected chi connectivity index (χ2v) is 5.51. The van der Waals surface area contributed by atoms with Gasteiger partial charge < -0.3 is 10.0 Å². The molecule has 3 nitrogen and oxygen atoms in total. The molecule has 0 aliphatic carbocycles. The molecule has 1 heterocycles. The molecule has 3 heteroatoms. The molecule has 0 fully saturated rings. The van der Waals surface area contributed by atoms with Gasteiger partial charge in [0.15, 0.2) is 0 Å². The van der Waals surface area contributed by atoms with Crippen LogP contribution in [0.5, 0.6) is 0 Å². The lowest BCUT2D eigenvalue weighted by Gasteiger charge is -2.28. The minimum Gasteiger partial charge on any atom is -0.481 e. The molecule has 0 radical (unpaired) electrons. The first kappa shape index (κ1) is 14.4. The van der Waals surface area contributed by atoms with Gasteiger partial charge in [0, 0.05) is 25.2 Å². The van der Waals surface area contributed by atoms with Crippen molar-refractivity contribution in [2.75, 3.05) is 11.4 Å². The monoisotopic (exact) mass is 293 g/mol. The first-order chi connectivity index (χ1) is 10.7. The Bertz CT molecular complexity index is 706. The van der Waals surface area contributed by atoms with Gasteiger partial charge >= 0.3 is 5.97 Å². The van der Waals surface area contributed by atoms with E-state index < -0.39 is 5.97 Å². The molecule has 1 N–H and O–H groups in total. The van der Waals surface area contributed by atoms with Gasteiger partial charge in [-0.15, -0.1) is 0 Å². The fourth-order valence-electron chi connectivity index (χ4n) is 2.85. The highest BCUT2D eigenvalue weighted by Gasteiger charge is 2.14. The summed E-state index contributed by atoms with van der Waals surface area (Å²) in [5.74, 6) is -0.736. The van der Waals surface area contributed by atoms with Crippen molar-refractivity contribution in [2.45, 2.75) is 19.4 Å². The molecule has 112 valence electrons. The minimum atomic E-state index is -0.736. The van der Waals surface area contributed by atoms with E-state index in [0.717, 1.165) is 13.1 Å². The number of anilines is 1. The summed E-state index contributed by atoms with van der Waals surface area (Å²) < 4.78 is 0. The standard InChI is InChI=1S/C19H19NO2/c21-19(22)10-5-13-20-14-17-8-2-1-6-15(17)11-12-16-7-3-4-9-18(16)20/h1-4,6-9,11-12H,5,10,13-14H2,(H,21,22)/b12-11-. The minimum absolute atomic E-state index is 0.205. The van der Waals surface area contributed by atoms with Gasteiger partial charge in [0.25, 0.3) is 0 Å². The topological polar surface area (TPSA) is 40.5 Å². The van der Waals surface area contributed by atoms with Gasteiger partial charge in [0.2, 0.25) is 0 Å². The van der Waals surface area contributed by atoms with E-state index in [4.69, 9.17) is 5.11 Å². The van der Waals surface area contributed by atoms with E-state index in [1.807, 2.05) is 18.2 Å². The van der Waals surface area contributed by atoms with E-state index in [-0.39, 0.29) is 6.42 Å². The van der Waals surface area contributed by atoms with Crippen LogP contribution in [0.4, 0.5) is 5.69 Å². The normalized spacial score (nSPS) is 14.5. The smallest absolute Gasteiger partial charge is 0.303 e. The van der Waals surface area contributed by atoms with Crippen LogP contribution in [0.3, 0.4) is 0 Å². The summed E-state index contributed by atoms with van der Waals surface area (Å²) >= 11 is 0. The zero-order valence-corrected chi connectivity index (χ0v) is 12.4. The Morgan fingerprint density at radius 3 is 2.50 bits per heavy atom. The summed E-state index contributed by atoms with van der Waals surface area (Å²) in [5.41, 5.74) is 4.83. The first-order valence-corrected chi connectivity index (χ1v) is 7.56. The average molecular weight is 293 g/mol. The maximum absolute atomic E-state index is 10.8. The third-order valence-corrected chi connectivity index (χ3v) is 3.95. The molecule has 1 aliphatic heterocycles.